The number of hydrogen-bond acceptors (Lipinski definition) is 8. The normalized spacial score (nSPS) is 14.4. The summed E-state index contributed by atoms with van der Waals surface area (Å²) in [5.74, 6) is -3.64. The van der Waals surface area contributed by atoms with Crippen molar-refractivity contribution in [1.82, 2.24) is 21.3 Å². The van der Waals surface area contributed by atoms with E-state index in [0.29, 0.717) is 12.8 Å². The van der Waals surface area contributed by atoms with Crippen molar-refractivity contribution >= 4 is 23.7 Å². The van der Waals surface area contributed by atoms with E-state index >= 15 is 0 Å². The van der Waals surface area contributed by atoms with Gasteiger partial charge in [-0.25, -0.2) is 4.79 Å². The van der Waals surface area contributed by atoms with Crippen molar-refractivity contribution in [3.05, 3.63) is 35.9 Å². The lowest BCUT2D eigenvalue weighted by Gasteiger charge is -2.25. The van der Waals surface area contributed by atoms with Gasteiger partial charge in [0.2, 0.25) is 17.7 Å². The van der Waals surface area contributed by atoms with Crippen LogP contribution in [0.4, 0.5) is 0 Å². The Morgan fingerprint density at radius 3 is 1.88 bits per heavy atom. The SMILES string of the molecule is CN[C@@H](Cc1ccccc1)C(=O)N[C@@H](CCCN)C(=O)N[C@@H](CO)C(=O)N[C@@H](CO)C(=O)O. The van der Waals surface area contributed by atoms with Crippen LogP contribution in [-0.4, -0.2) is 90.0 Å². The molecule has 0 spiro atoms. The number of benzene rings is 1. The summed E-state index contributed by atoms with van der Waals surface area (Å²) in [6.45, 7) is -1.42. The number of carbonyl (C=O) groups is 4. The van der Waals surface area contributed by atoms with Gasteiger partial charge in [0.05, 0.1) is 19.3 Å². The highest BCUT2D eigenvalue weighted by molar-refractivity contribution is 5.94. The summed E-state index contributed by atoms with van der Waals surface area (Å²) in [6.07, 6.45) is 0.973. The summed E-state index contributed by atoms with van der Waals surface area (Å²) >= 11 is 0. The molecule has 184 valence electrons. The van der Waals surface area contributed by atoms with Crippen LogP contribution in [0, 0.1) is 0 Å². The van der Waals surface area contributed by atoms with Crippen molar-refractivity contribution in [2.45, 2.75) is 43.4 Å². The van der Waals surface area contributed by atoms with E-state index in [0.717, 1.165) is 5.56 Å². The van der Waals surface area contributed by atoms with Crippen LogP contribution in [0.3, 0.4) is 0 Å². The summed E-state index contributed by atoms with van der Waals surface area (Å²) in [6, 6.07) is 4.57. The van der Waals surface area contributed by atoms with E-state index in [9.17, 15) is 24.3 Å². The van der Waals surface area contributed by atoms with Gasteiger partial charge in [0.1, 0.15) is 18.1 Å². The second-order valence-corrected chi connectivity index (χ2v) is 7.35. The Kier molecular flexibility index (Phi) is 12.6. The largest absolute Gasteiger partial charge is 0.480 e. The van der Waals surface area contributed by atoms with Crippen molar-refractivity contribution in [2.75, 3.05) is 26.8 Å². The van der Waals surface area contributed by atoms with Crippen molar-refractivity contribution in [3.63, 3.8) is 0 Å². The quantitative estimate of drug-likeness (QED) is 0.133. The predicted octanol–water partition coefficient (Wildman–Crippen LogP) is -2.92. The van der Waals surface area contributed by atoms with Crippen LogP contribution in [0.1, 0.15) is 18.4 Å². The molecule has 1 rings (SSSR count). The Labute approximate surface area is 191 Å². The second-order valence-electron chi connectivity index (χ2n) is 7.35. The van der Waals surface area contributed by atoms with Crippen molar-refractivity contribution in [2.24, 2.45) is 5.73 Å². The highest BCUT2D eigenvalue weighted by atomic mass is 16.4. The first-order valence-corrected chi connectivity index (χ1v) is 10.5. The maximum atomic E-state index is 12.8. The lowest BCUT2D eigenvalue weighted by atomic mass is 10.0. The molecule has 0 fully saturated rings. The lowest BCUT2D eigenvalue weighted by Crippen LogP contribution is -2.58. The molecular weight excluding hydrogens is 434 g/mol. The van der Waals surface area contributed by atoms with Crippen LogP contribution in [-0.2, 0) is 25.6 Å². The number of aliphatic hydroxyl groups excluding tert-OH is 2. The molecular formula is C21H33N5O7. The molecule has 0 radical (unpaired) electrons. The molecule has 0 aliphatic rings. The number of carboxylic acids is 1. The van der Waals surface area contributed by atoms with Gasteiger partial charge in [-0.05, 0) is 38.4 Å². The molecule has 12 nitrogen and oxygen atoms in total. The van der Waals surface area contributed by atoms with Gasteiger partial charge in [-0.2, -0.15) is 0 Å². The van der Waals surface area contributed by atoms with Gasteiger partial charge >= 0.3 is 5.97 Å². The summed E-state index contributed by atoms with van der Waals surface area (Å²) in [5.41, 5.74) is 6.45. The fourth-order valence-corrected chi connectivity index (χ4v) is 2.96. The fraction of sp³-hybridized carbons (Fsp3) is 0.524. The third-order valence-corrected chi connectivity index (χ3v) is 4.89. The third-order valence-electron chi connectivity index (χ3n) is 4.89. The van der Waals surface area contributed by atoms with Gasteiger partial charge in [0, 0.05) is 0 Å². The van der Waals surface area contributed by atoms with Crippen LogP contribution in [0.25, 0.3) is 0 Å². The van der Waals surface area contributed by atoms with E-state index in [2.05, 4.69) is 16.0 Å². The van der Waals surface area contributed by atoms with E-state index in [4.69, 9.17) is 15.9 Å². The Morgan fingerprint density at radius 2 is 1.36 bits per heavy atom. The Bertz CT molecular complexity index is 778. The lowest BCUT2D eigenvalue weighted by molar-refractivity contribution is -0.143. The van der Waals surface area contributed by atoms with Crippen LogP contribution in [0.15, 0.2) is 30.3 Å². The van der Waals surface area contributed by atoms with E-state index in [-0.39, 0.29) is 13.0 Å². The highest BCUT2D eigenvalue weighted by Gasteiger charge is 2.30. The molecule has 12 heteroatoms. The summed E-state index contributed by atoms with van der Waals surface area (Å²) < 4.78 is 0. The molecule has 0 heterocycles. The smallest absolute Gasteiger partial charge is 0.328 e. The first-order chi connectivity index (χ1) is 15.8. The maximum Gasteiger partial charge on any atom is 0.328 e. The Hall–Kier alpha value is -3.06. The predicted molar refractivity (Wildman–Crippen MR) is 119 cm³/mol. The second kappa shape index (κ2) is 14.9. The minimum absolute atomic E-state index is 0.185. The van der Waals surface area contributed by atoms with Gasteiger partial charge in [0.15, 0.2) is 0 Å². The number of aliphatic carboxylic acids is 1. The monoisotopic (exact) mass is 467 g/mol. The van der Waals surface area contributed by atoms with Crippen molar-refractivity contribution in [3.8, 4) is 0 Å². The number of carboxylic acid groups (broad SMARTS) is 1. The van der Waals surface area contributed by atoms with Gasteiger partial charge in [-0.15, -0.1) is 0 Å². The maximum absolute atomic E-state index is 12.8. The molecule has 0 aliphatic carbocycles. The zero-order chi connectivity index (χ0) is 24.8. The van der Waals surface area contributed by atoms with E-state index < -0.39 is 61.1 Å². The molecule has 0 unspecified atom stereocenters. The molecule has 9 N–H and O–H groups in total. The average molecular weight is 468 g/mol. The molecule has 0 bridgehead atoms. The van der Waals surface area contributed by atoms with Crippen molar-refractivity contribution in [1.29, 1.82) is 0 Å². The topological polar surface area (TPSA) is 203 Å². The minimum Gasteiger partial charge on any atom is -0.480 e. The van der Waals surface area contributed by atoms with Crippen LogP contribution in [0.2, 0.25) is 0 Å². The number of aliphatic hydroxyl groups is 2. The molecule has 3 amide bonds. The number of amides is 3. The van der Waals surface area contributed by atoms with E-state index in [1.54, 1.807) is 7.05 Å². The Balaban J connectivity index is 2.85. The molecule has 0 saturated heterocycles. The molecule has 33 heavy (non-hydrogen) atoms. The molecule has 1 aromatic carbocycles. The van der Waals surface area contributed by atoms with Gasteiger partial charge < -0.3 is 42.3 Å². The highest BCUT2D eigenvalue weighted by Crippen LogP contribution is 2.05. The number of nitrogens with one attached hydrogen (secondary N) is 4. The standard InChI is InChI=1S/C21H33N5O7/c1-23-15(10-13-6-3-2-4-7-13)19(30)24-14(8-5-9-22)18(29)25-16(11-27)20(31)26-17(12-28)21(32)33/h2-4,6-7,14-17,23,27-28H,5,8-12,22H2,1H3,(H,24,30)(H,25,29)(H,26,31)(H,32,33)/t14-,15-,16-,17-/m0/s1. The molecule has 0 saturated carbocycles. The minimum atomic E-state index is -1.59. The average Bonchev–Trinajstić information content (AvgIpc) is 2.81. The number of rotatable bonds is 15. The molecule has 0 aromatic heterocycles. The molecule has 1 aromatic rings. The van der Waals surface area contributed by atoms with Crippen LogP contribution >= 0.6 is 0 Å². The number of likely N-dealkylation sites (N-methyl/N-ethyl adjacent to an activating group) is 1. The summed E-state index contributed by atoms with van der Waals surface area (Å²) in [4.78, 5) is 48.8. The third kappa shape index (κ3) is 9.53. The summed E-state index contributed by atoms with van der Waals surface area (Å²) in [5, 5.41) is 37.3. The Morgan fingerprint density at radius 1 is 0.848 bits per heavy atom. The fourth-order valence-electron chi connectivity index (χ4n) is 2.96. The number of hydrogen-bond donors (Lipinski definition) is 8. The summed E-state index contributed by atoms with van der Waals surface area (Å²) in [7, 11) is 1.62. The van der Waals surface area contributed by atoms with E-state index in [1.807, 2.05) is 35.6 Å². The van der Waals surface area contributed by atoms with E-state index in [1.165, 1.54) is 0 Å². The molecule has 4 atom stereocenters. The first-order valence-electron chi connectivity index (χ1n) is 10.5. The van der Waals surface area contributed by atoms with Crippen LogP contribution in [0.5, 0.6) is 0 Å². The number of nitrogens with two attached hydrogens (primary N) is 1. The van der Waals surface area contributed by atoms with Crippen molar-refractivity contribution < 1.29 is 34.5 Å². The number of carbonyl (C=O) groups excluding carboxylic acids is 3. The van der Waals surface area contributed by atoms with Gasteiger partial charge in [-0.3, -0.25) is 14.4 Å². The van der Waals surface area contributed by atoms with Gasteiger partial charge in [-0.1, -0.05) is 30.3 Å². The molecule has 0 aliphatic heterocycles. The first kappa shape index (κ1) is 28.0. The van der Waals surface area contributed by atoms with Gasteiger partial charge in [0.25, 0.3) is 0 Å². The van der Waals surface area contributed by atoms with Crippen LogP contribution < -0.4 is 27.0 Å². The zero-order valence-corrected chi connectivity index (χ0v) is 18.5. The zero-order valence-electron chi connectivity index (χ0n) is 18.5.